The second-order valence-corrected chi connectivity index (χ2v) is 10.4. The maximum Gasteiger partial charge on any atom is 0.272 e. The summed E-state index contributed by atoms with van der Waals surface area (Å²) in [6.07, 6.45) is 1.63. The molecule has 4 aromatic carbocycles. The zero-order valence-electron chi connectivity index (χ0n) is 22.9. The molecule has 4 rings (SSSR count). The summed E-state index contributed by atoms with van der Waals surface area (Å²) in [5.41, 5.74) is 3.75. The van der Waals surface area contributed by atoms with E-state index in [1.54, 1.807) is 61.5 Å². The monoisotopic (exact) mass is 580 g/mol. The van der Waals surface area contributed by atoms with Crippen molar-refractivity contribution in [2.75, 3.05) is 16.4 Å². The van der Waals surface area contributed by atoms with Gasteiger partial charge in [-0.3, -0.25) is 24.5 Å². The van der Waals surface area contributed by atoms with Crippen molar-refractivity contribution in [1.82, 2.24) is 5.32 Å². The molecule has 42 heavy (non-hydrogen) atoms. The van der Waals surface area contributed by atoms with Gasteiger partial charge in [0.25, 0.3) is 17.5 Å². The highest BCUT2D eigenvalue weighted by atomic mass is 32.2. The highest BCUT2D eigenvalue weighted by Crippen LogP contribution is 2.24. The predicted octanol–water partition coefficient (Wildman–Crippen LogP) is 6.35. The Morgan fingerprint density at radius 2 is 1.57 bits per heavy atom. The number of carbonyl (C=O) groups is 3. The molecule has 0 aliphatic heterocycles. The average Bonchev–Trinajstić information content (AvgIpc) is 2.98. The first kappa shape index (κ1) is 29.8. The van der Waals surface area contributed by atoms with Crippen molar-refractivity contribution in [3.05, 3.63) is 135 Å². The van der Waals surface area contributed by atoms with Gasteiger partial charge in [0, 0.05) is 34.0 Å². The van der Waals surface area contributed by atoms with Crippen molar-refractivity contribution in [2.45, 2.75) is 18.7 Å². The summed E-state index contributed by atoms with van der Waals surface area (Å²) in [4.78, 5) is 50.0. The van der Waals surface area contributed by atoms with Crippen molar-refractivity contribution in [3.63, 3.8) is 0 Å². The first-order chi connectivity index (χ1) is 20.2. The molecule has 0 aliphatic carbocycles. The van der Waals surface area contributed by atoms with Crippen LogP contribution in [0.25, 0.3) is 6.08 Å². The summed E-state index contributed by atoms with van der Waals surface area (Å²) in [6.45, 7) is 3.60. The van der Waals surface area contributed by atoms with Crippen LogP contribution in [0.1, 0.15) is 27.0 Å². The molecule has 0 aliphatic rings. The van der Waals surface area contributed by atoms with Crippen molar-refractivity contribution >= 4 is 52.6 Å². The van der Waals surface area contributed by atoms with Gasteiger partial charge in [0.1, 0.15) is 5.70 Å². The van der Waals surface area contributed by atoms with E-state index in [-0.39, 0.29) is 23.0 Å². The number of nitro benzene ring substituents is 1. The number of anilines is 2. The number of nitro groups is 1. The maximum absolute atomic E-state index is 13.4. The number of non-ortho nitro benzene ring substituents is 1. The van der Waals surface area contributed by atoms with Crippen molar-refractivity contribution < 1.29 is 19.3 Å². The molecule has 0 saturated carbocycles. The molecule has 9 nitrogen and oxygen atoms in total. The second-order valence-electron chi connectivity index (χ2n) is 9.31. The summed E-state index contributed by atoms with van der Waals surface area (Å²) in [6, 6.07) is 27.4. The minimum absolute atomic E-state index is 0.0460. The highest BCUT2D eigenvalue weighted by Gasteiger charge is 2.16. The number of carbonyl (C=O) groups excluding carboxylic acids is 3. The van der Waals surface area contributed by atoms with E-state index in [1.165, 1.54) is 30.0 Å². The highest BCUT2D eigenvalue weighted by molar-refractivity contribution is 8.00. The summed E-state index contributed by atoms with van der Waals surface area (Å²) in [7, 11) is 0. The molecule has 10 heteroatoms. The van der Waals surface area contributed by atoms with Gasteiger partial charge >= 0.3 is 0 Å². The summed E-state index contributed by atoms with van der Waals surface area (Å²) in [5.74, 6) is -1.11. The fourth-order valence-electron chi connectivity index (χ4n) is 3.95. The van der Waals surface area contributed by atoms with Gasteiger partial charge in [-0.1, -0.05) is 48.5 Å². The lowest BCUT2D eigenvalue weighted by atomic mass is 10.1. The van der Waals surface area contributed by atoms with Crippen LogP contribution in [0, 0.1) is 24.0 Å². The normalized spacial score (nSPS) is 11.0. The number of nitrogens with zero attached hydrogens (tertiary/aromatic N) is 1. The molecule has 0 radical (unpaired) electrons. The van der Waals surface area contributed by atoms with Crippen LogP contribution < -0.4 is 16.0 Å². The van der Waals surface area contributed by atoms with E-state index < -0.39 is 16.7 Å². The Kier molecular flexibility index (Phi) is 9.85. The van der Waals surface area contributed by atoms with Crippen LogP contribution >= 0.6 is 11.8 Å². The minimum Gasteiger partial charge on any atom is -0.325 e. The number of rotatable bonds is 10. The first-order valence-electron chi connectivity index (χ1n) is 12.9. The Hall–Kier alpha value is -5.22. The Labute approximate surface area is 247 Å². The Morgan fingerprint density at radius 3 is 2.29 bits per heavy atom. The van der Waals surface area contributed by atoms with Crippen LogP contribution in [0.5, 0.6) is 0 Å². The third-order valence-electron chi connectivity index (χ3n) is 6.17. The fraction of sp³-hybridized carbons (Fsp3) is 0.0938. The topological polar surface area (TPSA) is 130 Å². The molecule has 4 aromatic rings. The number of hydrogen-bond acceptors (Lipinski definition) is 6. The minimum atomic E-state index is -0.504. The van der Waals surface area contributed by atoms with E-state index in [0.717, 1.165) is 16.0 Å². The largest absolute Gasteiger partial charge is 0.325 e. The lowest BCUT2D eigenvalue weighted by molar-refractivity contribution is -0.384. The molecule has 3 amide bonds. The van der Waals surface area contributed by atoms with Crippen LogP contribution in [-0.2, 0) is 9.59 Å². The Morgan fingerprint density at radius 1 is 0.833 bits per heavy atom. The first-order valence-corrected chi connectivity index (χ1v) is 13.9. The van der Waals surface area contributed by atoms with Gasteiger partial charge in [-0.05, 0) is 73.0 Å². The molecule has 212 valence electrons. The van der Waals surface area contributed by atoms with Gasteiger partial charge in [-0.25, -0.2) is 0 Å². The quantitative estimate of drug-likeness (QED) is 0.0867. The van der Waals surface area contributed by atoms with E-state index in [1.807, 2.05) is 37.3 Å². The van der Waals surface area contributed by atoms with Gasteiger partial charge < -0.3 is 16.0 Å². The zero-order valence-corrected chi connectivity index (χ0v) is 23.7. The van der Waals surface area contributed by atoms with Crippen LogP contribution in [0.2, 0.25) is 0 Å². The molecule has 0 heterocycles. The van der Waals surface area contributed by atoms with Crippen LogP contribution in [0.3, 0.4) is 0 Å². The maximum atomic E-state index is 13.4. The van der Waals surface area contributed by atoms with Crippen LogP contribution in [0.4, 0.5) is 17.1 Å². The molecule has 3 N–H and O–H groups in total. The second kappa shape index (κ2) is 13.9. The summed E-state index contributed by atoms with van der Waals surface area (Å²) in [5, 5.41) is 19.3. The van der Waals surface area contributed by atoms with Crippen LogP contribution in [-0.4, -0.2) is 28.4 Å². The summed E-state index contributed by atoms with van der Waals surface area (Å²) >= 11 is 1.27. The standard InChI is InChI=1S/C32H28N4O5S/c1-21-9-6-7-12-24(21)18-29(35-31(38)23-10-4-3-5-11-23)32(39)33-25-13-8-14-27(19-25)42-20-30(37)34-28-16-15-26(36(40)41)17-22(28)2/h3-19H,20H2,1-2H3,(H,33,39)(H,34,37)(H,35,38)/b29-18-. The molecular weight excluding hydrogens is 552 g/mol. The third kappa shape index (κ3) is 8.15. The van der Waals surface area contributed by atoms with Gasteiger partial charge in [0.05, 0.1) is 10.7 Å². The smallest absolute Gasteiger partial charge is 0.272 e. The SMILES string of the molecule is Cc1ccccc1/C=C(\NC(=O)c1ccccc1)C(=O)Nc1cccc(SCC(=O)Nc2ccc([N+](=O)[O-])cc2C)c1. The lowest BCUT2D eigenvalue weighted by Crippen LogP contribution is -2.30. The lowest BCUT2D eigenvalue weighted by Gasteiger charge is -2.13. The van der Waals surface area contributed by atoms with E-state index in [9.17, 15) is 24.5 Å². The molecule has 0 atom stereocenters. The fourth-order valence-corrected chi connectivity index (χ4v) is 4.70. The van der Waals surface area contributed by atoms with Gasteiger partial charge in [-0.2, -0.15) is 0 Å². The molecule has 0 fully saturated rings. The number of amides is 3. The molecular formula is C32H28N4O5S. The number of thioether (sulfide) groups is 1. The van der Waals surface area contributed by atoms with Gasteiger partial charge in [0.2, 0.25) is 5.91 Å². The van der Waals surface area contributed by atoms with Crippen LogP contribution in [0.15, 0.2) is 108 Å². The number of nitrogens with one attached hydrogen (secondary N) is 3. The van der Waals surface area contributed by atoms with E-state index in [0.29, 0.717) is 22.5 Å². The molecule has 0 spiro atoms. The average molecular weight is 581 g/mol. The summed E-state index contributed by atoms with van der Waals surface area (Å²) < 4.78 is 0. The molecule has 0 aromatic heterocycles. The number of aryl methyl sites for hydroxylation is 2. The predicted molar refractivity (Wildman–Crippen MR) is 165 cm³/mol. The third-order valence-corrected chi connectivity index (χ3v) is 7.17. The zero-order chi connectivity index (χ0) is 30.1. The van der Waals surface area contributed by atoms with Gasteiger partial charge in [0.15, 0.2) is 0 Å². The van der Waals surface area contributed by atoms with Crippen molar-refractivity contribution in [2.24, 2.45) is 0 Å². The Bertz CT molecular complexity index is 1670. The van der Waals surface area contributed by atoms with E-state index >= 15 is 0 Å². The van der Waals surface area contributed by atoms with Crippen molar-refractivity contribution in [3.8, 4) is 0 Å². The Balaban J connectivity index is 1.44. The van der Waals surface area contributed by atoms with Crippen molar-refractivity contribution in [1.29, 1.82) is 0 Å². The van der Waals surface area contributed by atoms with Gasteiger partial charge in [-0.15, -0.1) is 11.8 Å². The number of hydrogen-bond donors (Lipinski definition) is 3. The van der Waals surface area contributed by atoms with E-state index in [2.05, 4.69) is 16.0 Å². The number of benzene rings is 4. The molecule has 0 unspecified atom stereocenters. The molecule has 0 bridgehead atoms. The molecule has 0 saturated heterocycles. The van der Waals surface area contributed by atoms with E-state index in [4.69, 9.17) is 0 Å².